The average molecular weight is 390 g/mol. The van der Waals surface area contributed by atoms with Crippen molar-refractivity contribution in [2.45, 2.75) is 12.5 Å². The second-order valence-electron chi connectivity index (χ2n) is 2.92. The molecule has 0 aliphatic carbocycles. The van der Waals surface area contributed by atoms with Crippen LogP contribution in [0.4, 0.5) is 0 Å². The summed E-state index contributed by atoms with van der Waals surface area (Å²) < 4.78 is 0.904. The third-order valence-electron chi connectivity index (χ3n) is 1.79. The van der Waals surface area contributed by atoms with Gasteiger partial charge in [0.15, 0.2) is 0 Å². The Kier molecular flexibility index (Phi) is 3.84. The van der Waals surface area contributed by atoms with Gasteiger partial charge in [0.2, 0.25) is 0 Å². The molecule has 0 bridgehead atoms. The molecule has 0 aromatic heterocycles. The summed E-state index contributed by atoms with van der Waals surface area (Å²) in [5, 5.41) is 17.8. The first-order valence-electron chi connectivity index (χ1n) is 3.96. The fourth-order valence-electron chi connectivity index (χ4n) is 1.03. The van der Waals surface area contributed by atoms with Crippen LogP contribution >= 0.6 is 0 Å². The molecule has 0 amide bonds. The van der Waals surface area contributed by atoms with Crippen LogP contribution in [0.5, 0.6) is 5.75 Å². The maximum absolute atomic E-state index is 10.5. The van der Waals surface area contributed by atoms with Gasteiger partial charge in [0.1, 0.15) is 0 Å². The van der Waals surface area contributed by atoms with Gasteiger partial charge in [-0.15, -0.1) is 0 Å². The normalized spacial score (nSPS) is 12.4. The van der Waals surface area contributed by atoms with Crippen LogP contribution in [0.1, 0.15) is 5.56 Å². The Morgan fingerprint density at radius 2 is 2.21 bits per heavy atom. The number of hydrogen-bond donors (Lipinski definition) is 3. The fourth-order valence-corrected chi connectivity index (χ4v) is 2.01. The molecule has 1 rings (SSSR count). The van der Waals surface area contributed by atoms with Gasteiger partial charge in [-0.2, -0.15) is 0 Å². The topological polar surface area (TPSA) is 83.5 Å². The molecule has 14 heavy (non-hydrogen) atoms. The van der Waals surface area contributed by atoms with Crippen LogP contribution in [0, 0.1) is 24.7 Å². The van der Waals surface area contributed by atoms with Gasteiger partial charge in [-0.25, -0.2) is 0 Å². The van der Waals surface area contributed by atoms with Crippen molar-refractivity contribution in [2.24, 2.45) is 5.73 Å². The molecule has 0 radical (unpaired) electrons. The second-order valence-corrected chi connectivity index (χ2v) is 4.51. The predicted octanol–water partition coefficient (Wildman–Crippen LogP) is -0.479. The summed E-state index contributed by atoms with van der Waals surface area (Å²) in [7, 11) is 0. The zero-order valence-electron chi connectivity index (χ0n) is 7.27. The maximum atomic E-state index is 10.5. The molecule has 0 aliphatic heterocycles. The van der Waals surface area contributed by atoms with E-state index in [4.69, 9.17) is 15.9 Å². The Balaban J connectivity index is 2.82. The van der Waals surface area contributed by atoms with Gasteiger partial charge in [-0.05, 0) is 0 Å². The van der Waals surface area contributed by atoms with Gasteiger partial charge in [0.25, 0.3) is 0 Å². The number of aromatic hydroxyl groups is 1. The van der Waals surface area contributed by atoms with E-state index in [1.54, 1.807) is 12.1 Å². The molecule has 0 saturated carbocycles. The summed E-state index contributed by atoms with van der Waals surface area (Å²) >= 11 is 1.39. The second kappa shape index (κ2) is 4.71. The zero-order valence-corrected chi connectivity index (χ0v) is 10.2. The van der Waals surface area contributed by atoms with E-state index in [-0.39, 0.29) is 5.75 Å². The molecule has 1 aromatic carbocycles. The Bertz CT molecular complexity index is 354. The van der Waals surface area contributed by atoms with Gasteiger partial charge in [-0.3, -0.25) is 0 Å². The molecule has 76 valence electrons. The van der Waals surface area contributed by atoms with Crippen LogP contribution < -0.4 is 9.01 Å². The zero-order chi connectivity index (χ0) is 10.7. The summed E-state index contributed by atoms with van der Waals surface area (Å²) in [5.74, 6) is -0.820. The molecule has 0 saturated heterocycles. The van der Waals surface area contributed by atoms with Gasteiger partial charge < -0.3 is 0 Å². The monoisotopic (exact) mass is 390 g/mol. The van der Waals surface area contributed by atoms with Crippen LogP contribution in [0.2, 0.25) is 0 Å². The standard InChI is InChI=1S/C9H10AtNO3/c10-7-4-6(12)2-1-5(7)3-8(11)9(13)14/h1-2,4,8,12H,3,11H2,(H,13,14). The number of carbonyl (C=O) groups is 1. The summed E-state index contributed by atoms with van der Waals surface area (Å²) in [6, 6.07) is 3.97. The number of carboxylic acids is 1. The van der Waals surface area contributed by atoms with Crippen LogP contribution in [-0.4, -0.2) is 22.2 Å². The third kappa shape index (κ3) is 2.93. The number of rotatable bonds is 3. The van der Waals surface area contributed by atoms with Crippen molar-refractivity contribution < 1.29 is 39.7 Å². The fraction of sp³-hybridized carbons (Fsp3) is 0.222. The molecule has 0 fully saturated rings. The van der Waals surface area contributed by atoms with E-state index in [2.05, 4.69) is 0 Å². The first-order valence-corrected chi connectivity index (χ1v) is 5.43. The number of hydrogen-bond acceptors (Lipinski definition) is 3. The predicted molar refractivity (Wildman–Crippen MR) is 47.1 cm³/mol. The van der Waals surface area contributed by atoms with Crippen LogP contribution in [0.25, 0.3) is 0 Å². The van der Waals surface area contributed by atoms with E-state index >= 15 is 0 Å². The number of nitrogens with two attached hydrogens (primary N) is 1. The SMILES string of the molecule is NC(Cc1ccc(O)cc1[At])C(=O)O. The quantitative estimate of drug-likeness (QED) is 0.652. The van der Waals surface area contributed by atoms with E-state index in [1.807, 2.05) is 0 Å². The van der Waals surface area contributed by atoms with Crippen molar-refractivity contribution in [3.63, 3.8) is 0 Å². The van der Waals surface area contributed by atoms with E-state index < -0.39 is 12.0 Å². The Morgan fingerprint density at radius 3 is 2.71 bits per heavy atom. The van der Waals surface area contributed by atoms with E-state index in [0.717, 1.165) is 8.83 Å². The van der Waals surface area contributed by atoms with Crippen LogP contribution in [0.3, 0.4) is 0 Å². The molecule has 5 heteroatoms. The van der Waals surface area contributed by atoms with E-state index in [0.29, 0.717) is 6.42 Å². The molecule has 0 spiro atoms. The van der Waals surface area contributed by atoms with Crippen LogP contribution in [0.15, 0.2) is 18.2 Å². The van der Waals surface area contributed by atoms with Gasteiger partial charge >= 0.3 is 96.7 Å². The Labute approximate surface area is 96.6 Å². The van der Waals surface area contributed by atoms with Crippen LogP contribution in [-0.2, 0) is 11.2 Å². The minimum atomic E-state index is -1.01. The van der Waals surface area contributed by atoms with Gasteiger partial charge in [-0.1, -0.05) is 0 Å². The molecular formula is C9H10AtNO3. The molecule has 4 N–H and O–H groups in total. The van der Waals surface area contributed by atoms with Gasteiger partial charge in [0.05, 0.1) is 0 Å². The van der Waals surface area contributed by atoms with E-state index in [9.17, 15) is 4.79 Å². The number of benzene rings is 1. The number of phenols is 1. The Morgan fingerprint density at radius 1 is 1.57 bits per heavy atom. The average Bonchev–Trinajstić information content (AvgIpc) is 2.09. The van der Waals surface area contributed by atoms with Crippen molar-refractivity contribution in [2.75, 3.05) is 0 Å². The molecule has 0 heterocycles. The first kappa shape index (κ1) is 11.4. The molecular weight excluding hydrogens is 380 g/mol. The Hall–Kier alpha value is -0.667. The van der Waals surface area contributed by atoms with E-state index in [1.165, 1.54) is 30.8 Å². The molecule has 0 aliphatic rings. The molecule has 1 unspecified atom stereocenters. The van der Waals surface area contributed by atoms with Crippen molar-refractivity contribution in [3.05, 3.63) is 23.8 Å². The van der Waals surface area contributed by atoms with Crippen molar-refractivity contribution >= 4 is 9.24 Å². The number of phenolic OH excluding ortho intramolecular Hbond substituents is 1. The summed E-state index contributed by atoms with van der Waals surface area (Å²) in [5.41, 5.74) is 6.27. The first-order chi connectivity index (χ1) is 6.50. The van der Waals surface area contributed by atoms with Crippen molar-refractivity contribution in [1.82, 2.24) is 0 Å². The minimum absolute atomic E-state index is 0.190. The summed E-state index contributed by atoms with van der Waals surface area (Å²) in [6.07, 6.45) is 0.293. The summed E-state index contributed by atoms with van der Waals surface area (Å²) in [6.45, 7) is 0. The summed E-state index contributed by atoms with van der Waals surface area (Å²) in [4.78, 5) is 10.5. The number of carboxylic acid groups (broad SMARTS) is 1. The molecule has 1 aromatic rings. The third-order valence-corrected chi connectivity index (χ3v) is 3.16. The molecule has 1 atom stereocenters. The van der Waals surface area contributed by atoms with Crippen molar-refractivity contribution in [1.29, 1.82) is 0 Å². The van der Waals surface area contributed by atoms with Gasteiger partial charge in [0, 0.05) is 0 Å². The van der Waals surface area contributed by atoms with Crippen molar-refractivity contribution in [3.8, 4) is 5.75 Å². The molecule has 4 nitrogen and oxygen atoms in total. The number of aliphatic carboxylic acids is 1.